The minimum absolute atomic E-state index is 0.182. The molecule has 0 aromatic heterocycles. The number of nitrogens with one attached hydrogen (secondary N) is 1. The Bertz CT molecular complexity index is 162. The quantitative estimate of drug-likeness (QED) is 0.610. The van der Waals surface area contributed by atoms with Gasteiger partial charge in [0.2, 0.25) is 0 Å². The van der Waals surface area contributed by atoms with E-state index in [0.717, 1.165) is 19.5 Å². The fourth-order valence-electron chi connectivity index (χ4n) is 1.12. The summed E-state index contributed by atoms with van der Waals surface area (Å²) in [6.45, 7) is 6.61. The molecule has 1 N–H and O–H groups in total. The number of hydrogen-bond acceptors (Lipinski definition) is 4. The van der Waals surface area contributed by atoms with Crippen molar-refractivity contribution in [2.24, 2.45) is 0 Å². The number of esters is 1. The van der Waals surface area contributed by atoms with Crippen molar-refractivity contribution in [3.8, 4) is 0 Å². The highest BCUT2D eigenvalue weighted by Gasteiger charge is 2.19. The van der Waals surface area contributed by atoms with Gasteiger partial charge in [0.1, 0.15) is 6.04 Å². The van der Waals surface area contributed by atoms with Crippen molar-refractivity contribution in [2.75, 3.05) is 33.8 Å². The molecule has 0 radical (unpaired) electrons. The Labute approximate surface area is 86.6 Å². The monoisotopic (exact) mass is 202 g/mol. The van der Waals surface area contributed by atoms with Gasteiger partial charge in [0, 0.05) is 6.54 Å². The van der Waals surface area contributed by atoms with Gasteiger partial charge in [-0.2, -0.15) is 0 Å². The summed E-state index contributed by atoms with van der Waals surface area (Å²) in [5, 5.41) is 3.17. The van der Waals surface area contributed by atoms with Crippen LogP contribution < -0.4 is 5.32 Å². The van der Waals surface area contributed by atoms with Crippen LogP contribution in [0.5, 0.6) is 0 Å². The highest BCUT2D eigenvalue weighted by Crippen LogP contribution is 1.93. The standard InChI is InChI=1S/C10H22N2O2/c1-5-7-11-9(10(13)14-4)8-12(3)6-2/h9,11H,5-8H2,1-4H3. The van der Waals surface area contributed by atoms with Crippen LogP contribution in [0.1, 0.15) is 20.3 Å². The van der Waals surface area contributed by atoms with Crippen LogP contribution in [-0.2, 0) is 9.53 Å². The molecule has 84 valence electrons. The number of ether oxygens (including phenoxy) is 1. The maximum absolute atomic E-state index is 11.4. The summed E-state index contributed by atoms with van der Waals surface area (Å²) in [6, 6.07) is -0.204. The Balaban J connectivity index is 4.03. The first kappa shape index (κ1) is 13.4. The smallest absolute Gasteiger partial charge is 0.324 e. The van der Waals surface area contributed by atoms with Crippen LogP contribution >= 0.6 is 0 Å². The van der Waals surface area contributed by atoms with Gasteiger partial charge in [0.15, 0.2) is 0 Å². The average Bonchev–Trinajstić information content (AvgIpc) is 2.22. The summed E-state index contributed by atoms with van der Waals surface area (Å²) in [4.78, 5) is 13.4. The van der Waals surface area contributed by atoms with E-state index >= 15 is 0 Å². The first-order chi connectivity index (χ1) is 6.65. The van der Waals surface area contributed by atoms with E-state index in [1.54, 1.807) is 0 Å². The fourth-order valence-corrected chi connectivity index (χ4v) is 1.12. The van der Waals surface area contributed by atoms with Gasteiger partial charge in [0.25, 0.3) is 0 Å². The lowest BCUT2D eigenvalue weighted by Crippen LogP contribution is -2.45. The zero-order valence-corrected chi connectivity index (χ0v) is 9.67. The van der Waals surface area contributed by atoms with E-state index in [2.05, 4.69) is 24.1 Å². The van der Waals surface area contributed by atoms with E-state index in [-0.39, 0.29) is 12.0 Å². The van der Waals surface area contributed by atoms with Crippen LogP contribution in [0.15, 0.2) is 0 Å². The molecule has 4 nitrogen and oxygen atoms in total. The van der Waals surface area contributed by atoms with Crippen molar-refractivity contribution < 1.29 is 9.53 Å². The second kappa shape index (κ2) is 7.76. The summed E-state index contributed by atoms with van der Waals surface area (Å²) < 4.78 is 4.73. The van der Waals surface area contributed by atoms with E-state index in [9.17, 15) is 4.79 Å². The second-order valence-corrected chi connectivity index (χ2v) is 3.38. The van der Waals surface area contributed by atoms with E-state index in [4.69, 9.17) is 4.74 Å². The molecule has 0 spiro atoms. The number of carbonyl (C=O) groups excluding carboxylic acids is 1. The molecular formula is C10H22N2O2. The van der Waals surface area contributed by atoms with Crippen molar-refractivity contribution in [2.45, 2.75) is 26.3 Å². The SMILES string of the molecule is CCCNC(CN(C)CC)C(=O)OC. The third kappa shape index (κ3) is 5.19. The first-order valence-electron chi connectivity index (χ1n) is 5.15. The average molecular weight is 202 g/mol. The van der Waals surface area contributed by atoms with Crippen LogP contribution in [0.4, 0.5) is 0 Å². The van der Waals surface area contributed by atoms with Crippen molar-refractivity contribution >= 4 is 5.97 Å². The highest BCUT2D eigenvalue weighted by molar-refractivity contribution is 5.75. The van der Waals surface area contributed by atoms with Crippen LogP contribution in [-0.4, -0.2) is 50.7 Å². The molecule has 0 saturated carbocycles. The molecule has 0 fully saturated rings. The molecule has 0 aromatic carbocycles. The van der Waals surface area contributed by atoms with Gasteiger partial charge in [-0.15, -0.1) is 0 Å². The van der Waals surface area contributed by atoms with Crippen molar-refractivity contribution in [1.29, 1.82) is 0 Å². The van der Waals surface area contributed by atoms with Gasteiger partial charge in [0.05, 0.1) is 7.11 Å². The maximum Gasteiger partial charge on any atom is 0.324 e. The molecule has 0 rings (SSSR count). The third-order valence-electron chi connectivity index (χ3n) is 2.16. The first-order valence-corrected chi connectivity index (χ1v) is 5.15. The number of hydrogen-bond donors (Lipinski definition) is 1. The number of likely N-dealkylation sites (N-methyl/N-ethyl adjacent to an activating group) is 1. The highest BCUT2D eigenvalue weighted by atomic mass is 16.5. The molecule has 4 heteroatoms. The van der Waals surface area contributed by atoms with Gasteiger partial charge in [-0.3, -0.25) is 4.79 Å². The molecule has 0 aliphatic rings. The molecule has 0 amide bonds. The summed E-state index contributed by atoms with van der Waals surface area (Å²) in [5.41, 5.74) is 0. The maximum atomic E-state index is 11.4. The molecule has 0 aromatic rings. The van der Waals surface area contributed by atoms with E-state index in [1.807, 2.05) is 7.05 Å². The lowest BCUT2D eigenvalue weighted by atomic mass is 10.2. The number of rotatable bonds is 7. The molecule has 0 aliphatic carbocycles. The third-order valence-corrected chi connectivity index (χ3v) is 2.16. The van der Waals surface area contributed by atoms with Crippen molar-refractivity contribution in [1.82, 2.24) is 10.2 Å². The normalized spacial score (nSPS) is 12.9. The summed E-state index contributed by atoms with van der Waals surface area (Å²) in [5.74, 6) is -0.182. The van der Waals surface area contributed by atoms with Gasteiger partial charge >= 0.3 is 5.97 Å². The number of nitrogens with zero attached hydrogens (tertiary/aromatic N) is 1. The fraction of sp³-hybridized carbons (Fsp3) is 0.900. The van der Waals surface area contributed by atoms with Crippen molar-refractivity contribution in [3.05, 3.63) is 0 Å². The predicted octanol–water partition coefficient (Wildman–Crippen LogP) is 0.479. The molecule has 1 unspecified atom stereocenters. The molecular weight excluding hydrogens is 180 g/mol. The van der Waals surface area contributed by atoms with E-state index in [0.29, 0.717) is 6.54 Å². The molecule has 0 saturated heterocycles. The Morgan fingerprint density at radius 1 is 1.50 bits per heavy atom. The minimum Gasteiger partial charge on any atom is -0.468 e. The Hall–Kier alpha value is -0.610. The largest absolute Gasteiger partial charge is 0.468 e. The van der Waals surface area contributed by atoms with Crippen LogP contribution in [0.25, 0.3) is 0 Å². The topological polar surface area (TPSA) is 41.6 Å². The summed E-state index contributed by atoms with van der Waals surface area (Å²) in [6.07, 6.45) is 1.02. The number of carbonyl (C=O) groups is 1. The zero-order valence-electron chi connectivity index (χ0n) is 9.67. The Morgan fingerprint density at radius 2 is 2.14 bits per heavy atom. The van der Waals surface area contributed by atoms with Gasteiger partial charge in [-0.25, -0.2) is 0 Å². The van der Waals surface area contributed by atoms with Crippen LogP contribution in [0.3, 0.4) is 0 Å². The van der Waals surface area contributed by atoms with Crippen LogP contribution in [0, 0.1) is 0 Å². The lowest BCUT2D eigenvalue weighted by Gasteiger charge is -2.21. The van der Waals surface area contributed by atoms with Gasteiger partial charge < -0.3 is 15.0 Å². The van der Waals surface area contributed by atoms with Gasteiger partial charge in [-0.1, -0.05) is 13.8 Å². The molecule has 14 heavy (non-hydrogen) atoms. The molecule has 1 atom stereocenters. The van der Waals surface area contributed by atoms with Crippen molar-refractivity contribution in [3.63, 3.8) is 0 Å². The van der Waals surface area contributed by atoms with Crippen LogP contribution in [0.2, 0.25) is 0 Å². The minimum atomic E-state index is -0.204. The van der Waals surface area contributed by atoms with E-state index < -0.39 is 0 Å². The van der Waals surface area contributed by atoms with Gasteiger partial charge in [-0.05, 0) is 26.6 Å². The zero-order chi connectivity index (χ0) is 11.0. The summed E-state index contributed by atoms with van der Waals surface area (Å²) in [7, 11) is 3.42. The predicted molar refractivity (Wildman–Crippen MR) is 57.3 cm³/mol. The summed E-state index contributed by atoms with van der Waals surface area (Å²) >= 11 is 0. The molecule has 0 bridgehead atoms. The Kier molecular flexibility index (Phi) is 7.42. The second-order valence-electron chi connectivity index (χ2n) is 3.38. The lowest BCUT2D eigenvalue weighted by molar-refractivity contribution is -0.143. The van der Waals surface area contributed by atoms with E-state index in [1.165, 1.54) is 7.11 Å². The number of methoxy groups -OCH3 is 1. The molecule has 0 heterocycles. The Morgan fingerprint density at radius 3 is 2.57 bits per heavy atom. The molecule has 0 aliphatic heterocycles.